The van der Waals surface area contributed by atoms with Gasteiger partial charge in [-0.15, -0.1) is 11.3 Å². The van der Waals surface area contributed by atoms with Crippen LogP contribution in [0.25, 0.3) is 10.2 Å². The fourth-order valence-corrected chi connectivity index (χ4v) is 1.98. The van der Waals surface area contributed by atoms with Crippen LogP contribution in [0.4, 0.5) is 0 Å². The summed E-state index contributed by atoms with van der Waals surface area (Å²) in [4.78, 5) is 4.24. The summed E-state index contributed by atoms with van der Waals surface area (Å²) in [5.41, 5.74) is 1.30. The van der Waals surface area contributed by atoms with Crippen molar-refractivity contribution in [3.05, 3.63) is 23.2 Å². The van der Waals surface area contributed by atoms with E-state index in [1.165, 1.54) is 11.3 Å². The van der Waals surface area contributed by atoms with Crippen LogP contribution in [-0.4, -0.2) is 15.8 Å². The summed E-state index contributed by atoms with van der Waals surface area (Å²) in [5, 5.41) is 17.3. The first-order chi connectivity index (χ1) is 6.16. The zero-order valence-corrected chi connectivity index (χ0v) is 7.85. The molecule has 0 spiro atoms. The summed E-state index contributed by atoms with van der Waals surface area (Å²) >= 11 is 1.42. The molecule has 0 aliphatic heterocycles. The number of thiazole rings is 1. The summed E-state index contributed by atoms with van der Waals surface area (Å²) in [6.07, 6.45) is 0. The molecule has 1 heterocycles. The second-order valence-electron chi connectivity index (χ2n) is 2.80. The van der Waals surface area contributed by atoms with E-state index in [0.29, 0.717) is 10.7 Å². The average Bonchev–Trinajstić information content (AvgIpc) is 2.46. The van der Waals surface area contributed by atoms with E-state index in [0.717, 1.165) is 10.2 Å². The molecule has 3 nitrogen and oxygen atoms in total. The van der Waals surface area contributed by atoms with Gasteiger partial charge in [0.05, 0.1) is 15.9 Å². The molecule has 2 aromatic rings. The van der Waals surface area contributed by atoms with Crippen molar-refractivity contribution in [3.63, 3.8) is 0 Å². The number of aromatic nitrogens is 1. The Morgan fingerprint density at radius 2 is 2.31 bits per heavy atom. The second kappa shape index (κ2) is 2.81. The highest BCUT2D eigenvalue weighted by Gasteiger charge is 2.05. The Bertz CT molecular complexity index is 475. The number of benzene rings is 1. The van der Waals surface area contributed by atoms with E-state index >= 15 is 0 Å². The zero-order valence-electron chi connectivity index (χ0n) is 7.03. The largest absolute Gasteiger partial charge is 0.508 e. The lowest BCUT2D eigenvalue weighted by Crippen LogP contribution is -1.88. The van der Waals surface area contributed by atoms with E-state index in [-0.39, 0.29) is 5.75 Å². The Hall–Kier alpha value is -1.42. The molecule has 1 aromatic heterocycles. The van der Waals surface area contributed by atoms with Gasteiger partial charge in [-0.25, -0.2) is 4.98 Å². The first-order valence-corrected chi connectivity index (χ1v) is 4.63. The van der Waals surface area contributed by atoms with Gasteiger partial charge in [0.15, 0.2) is 0 Å². The lowest BCUT2D eigenvalue weighted by atomic mass is 10.3. The van der Waals surface area contributed by atoms with Crippen LogP contribution in [0.1, 0.15) is 11.9 Å². The molecule has 0 atom stereocenters. The Morgan fingerprint density at radius 3 is 3.00 bits per heavy atom. The number of hydrogen-bond acceptors (Lipinski definition) is 4. The SMILES string of the molecule is CC(=N)c1nc2ccc(O)cc2s1. The number of rotatable bonds is 1. The number of phenols is 1. The van der Waals surface area contributed by atoms with E-state index in [2.05, 4.69) is 4.98 Å². The third kappa shape index (κ3) is 1.40. The first-order valence-electron chi connectivity index (χ1n) is 3.82. The maximum atomic E-state index is 9.20. The highest BCUT2D eigenvalue weighted by atomic mass is 32.1. The van der Waals surface area contributed by atoms with Crippen LogP contribution in [-0.2, 0) is 0 Å². The van der Waals surface area contributed by atoms with Crippen LogP contribution in [0.3, 0.4) is 0 Å². The van der Waals surface area contributed by atoms with Crippen molar-refractivity contribution in [3.8, 4) is 5.75 Å². The van der Waals surface area contributed by atoms with E-state index in [1.807, 2.05) is 0 Å². The topological polar surface area (TPSA) is 57.0 Å². The standard InChI is InChI=1S/C9H8N2OS/c1-5(10)9-11-7-3-2-6(12)4-8(7)13-9/h2-4,10,12H,1H3. The van der Waals surface area contributed by atoms with Crippen LogP contribution in [0.2, 0.25) is 0 Å². The lowest BCUT2D eigenvalue weighted by Gasteiger charge is -1.87. The quantitative estimate of drug-likeness (QED) is 0.681. The van der Waals surface area contributed by atoms with Gasteiger partial charge in [-0.05, 0) is 25.1 Å². The molecule has 66 valence electrons. The lowest BCUT2D eigenvalue weighted by molar-refractivity contribution is 0.476. The van der Waals surface area contributed by atoms with E-state index in [9.17, 15) is 5.11 Å². The van der Waals surface area contributed by atoms with Gasteiger partial charge in [0.2, 0.25) is 0 Å². The minimum Gasteiger partial charge on any atom is -0.508 e. The number of hydrogen-bond donors (Lipinski definition) is 2. The van der Waals surface area contributed by atoms with Gasteiger partial charge in [-0.1, -0.05) is 0 Å². The van der Waals surface area contributed by atoms with Gasteiger partial charge in [0.25, 0.3) is 0 Å². The van der Waals surface area contributed by atoms with Crippen LogP contribution < -0.4 is 0 Å². The highest BCUT2D eigenvalue weighted by molar-refractivity contribution is 7.20. The van der Waals surface area contributed by atoms with Crippen LogP contribution >= 0.6 is 11.3 Å². The third-order valence-corrected chi connectivity index (χ3v) is 2.83. The van der Waals surface area contributed by atoms with Crippen LogP contribution in [0, 0.1) is 5.41 Å². The summed E-state index contributed by atoms with van der Waals surface area (Å²) in [6.45, 7) is 1.71. The predicted molar refractivity (Wildman–Crippen MR) is 53.8 cm³/mol. The molecule has 0 saturated heterocycles. The molecule has 0 bridgehead atoms. The Labute approximate surface area is 79.2 Å². The molecule has 0 aliphatic carbocycles. The highest BCUT2D eigenvalue weighted by Crippen LogP contribution is 2.25. The maximum absolute atomic E-state index is 9.20. The molecule has 2 rings (SSSR count). The van der Waals surface area contributed by atoms with Crippen molar-refractivity contribution in [2.75, 3.05) is 0 Å². The molecule has 13 heavy (non-hydrogen) atoms. The smallest absolute Gasteiger partial charge is 0.137 e. The van der Waals surface area contributed by atoms with Gasteiger partial charge < -0.3 is 10.5 Å². The molecular weight excluding hydrogens is 184 g/mol. The number of nitrogens with one attached hydrogen (secondary N) is 1. The molecule has 0 unspecified atom stereocenters. The molecule has 1 aromatic carbocycles. The van der Waals surface area contributed by atoms with Crippen molar-refractivity contribution >= 4 is 27.3 Å². The molecule has 4 heteroatoms. The molecule has 0 saturated carbocycles. The van der Waals surface area contributed by atoms with Gasteiger partial charge >= 0.3 is 0 Å². The van der Waals surface area contributed by atoms with Crippen molar-refractivity contribution in [1.29, 1.82) is 5.41 Å². The van der Waals surface area contributed by atoms with Crippen molar-refractivity contribution in [2.24, 2.45) is 0 Å². The monoisotopic (exact) mass is 192 g/mol. The van der Waals surface area contributed by atoms with Crippen molar-refractivity contribution in [1.82, 2.24) is 4.98 Å². The predicted octanol–water partition coefficient (Wildman–Crippen LogP) is 2.39. The Morgan fingerprint density at radius 1 is 1.54 bits per heavy atom. The van der Waals surface area contributed by atoms with Gasteiger partial charge in [-0.2, -0.15) is 0 Å². The minimum absolute atomic E-state index is 0.241. The van der Waals surface area contributed by atoms with Crippen LogP contribution in [0.15, 0.2) is 18.2 Å². The van der Waals surface area contributed by atoms with Crippen LogP contribution in [0.5, 0.6) is 5.75 Å². The minimum atomic E-state index is 0.241. The molecular formula is C9H8N2OS. The van der Waals surface area contributed by atoms with Gasteiger partial charge in [0.1, 0.15) is 10.8 Å². The fraction of sp³-hybridized carbons (Fsp3) is 0.111. The molecule has 0 aliphatic rings. The maximum Gasteiger partial charge on any atom is 0.137 e. The Balaban J connectivity index is 2.68. The van der Waals surface area contributed by atoms with E-state index in [1.54, 1.807) is 25.1 Å². The molecule has 0 amide bonds. The number of phenolic OH excluding ortho intramolecular Hbond substituents is 1. The normalized spacial score (nSPS) is 10.5. The molecule has 0 radical (unpaired) electrons. The van der Waals surface area contributed by atoms with Crippen molar-refractivity contribution in [2.45, 2.75) is 6.92 Å². The number of nitrogens with zero attached hydrogens (tertiary/aromatic N) is 1. The summed E-state index contributed by atoms with van der Waals surface area (Å²) in [6, 6.07) is 5.03. The second-order valence-corrected chi connectivity index (χ2v) is 3.83. The van der Waals surface area contributed by atoms with Crippen molar-refractivity contribution < 1.29 is 5.11 Å². The Kier molecular flexibility index (Phi) is 1.77. The molecule has 0 fully saturated rings. The van der Waals surface area contributed by atoms with Gasteiger partial charge in [-0.3, -0.25) is 0 Å². The third-order valence-electron chi connectivity index (χ3n) is 1.69. The first kappa shape index (κ1) is 8.19. The fourth-order valence-electron chi connectivity index (χ4n) is 1.07. The van der Waals surface area contributed by atoms with E-state index < -0.39 is 0 Å². The van der Waals surface area contributed by atoms with E-state index in [4.69, 9.17) is 5.41 Å². The summed E-state index contributed by atoms with van der Waals surface area (Å²) < 4.78 is 0.918. The molecule has 2 N–H and O–H groups in total. The van der Waals surface area contributed by atoms with Gasteiger partial charge in [0, 0.05) is 0 Å². The average molecular weight is 192 g/mol. The summed E-state index contributed by atoms with van der Waals surface area (Å²) in [7, 11) is 0. The number of aromatic hydroxyl groups is 1. The summed E-state index contributed by atoms with van der Waals surface area (Å²) in [5.74, 6) is 0.241. The zero-order chi connectivity index (χ0) is 9.42. The number of fused-ring (bicyclic) bond motifs is 1.